The maximum Gasteiger partial charge on any atom is 0.258 e. The fourth-order valence-electron chi connectivity index (χ4n) is 2.30. The summed E-state index contributed by atoms with van der Waals surface area (Å²) in [6, 6.07) is 15.6. The molecule has 6 heteroatoms. The first-order valence-corrected chi connectivity index (χ1v) is 7.60. The maximum atomic E-state index is 13.7. The monoisotopic (exact) mass is 338 g/mol. The quantitative estimate of drug-likeness (QED) is 0.747. The second-order valence-electron chi connectivity index (χ2n) is 5.24. The highest BCUT2D eigenvalue weighted by Gasteiger charge is 2.16. The summed E-state index contributed by atoms with van der Waals surface area (Å²) in [6.07, 6.45) is 1.52. The molecule has 5 nitrogen and oxygen atoms in total. The van der Waals surface area contributed by atoms with E-state index in [0.29, 0.717) is 11.4 Å². The Balaban J connectivity index is 1.75. The van der Waals surface area contributed by atoms with Gasteiger partial charge in [-0.25, -0.2) is 4.39 Å². The minimum atomic E-state index is -0.625. The Morgan fingerprint density at radius 1 is 0.880 bits per heavy atom. The number of amides is 2. The van der Waals surface area contributed by atoms with Crippen LogP contribution in [0.2, 0.25) is 0 Å². The van der Waals surface area contributed by atoms with Crippen molar-refractivity contribution in [1.82, 2.24) is 5.32 Å². The highest BCUT2D eigenvalue weighted by molar-refractivity contribution is 6.09. The molecular weight excluding hydrogens is 323 g/mol. The van der Waals surface area contributed by atoms with Crippen LogP contribution in [0.15, 0.2) is 71.3 Å². The largest absolute Gasteiger partial charge is 0.467 e. The molecule has 2 amide bonds. The van der Waals surface area contributed by atoms with Gasteiger partial charge in [-0.05, 0) is 36.4 Å². The molecular formula is C19H15FN2O3. The van der Waals surface area contributed by atoms with Gasteiger partial charge in [-0.1, -0.05) is 24.3 Å². The number of hydrogen-bond acceptors (Lipinski definition) is 3. The Morgan fingerprint density at radius 3 is 2.32 bits per heavy atom. The van der Waals surface area contributed by atoms with E-state index >= 15 is 0 Å². The van der Waals surface area contributed by atoms with Crippen LogP contribution in [0.3, 0.4) is 0 Å². The predicted octanol–water partition coefficient (Wildman–Crippen LogP) is 3.60. The highest BCUT2D eigenvalue weighted by atomic mass is 19.1. The normalized spacial score (nSPS) is 10.3. The fraction of sp³-hybridized carbons (Fsp3) is 0.0526. The SMILES string of the molecule is O=C(Nc1ccccc1C(=O)NCc1ccco1)c1ccccc1F. The molecule has 0 radical (unpaired) electrons. The minimum absolute atomic E-state index is 0.0895. The summed E-state index contributed by atoms with van der Waals surface area (Å²) < 4.78 is 18.9. The molecule has 25 heavy (non-hydrogen) atoms. The van der Waals surface area contributed by atoms with Crippen molar-refractivity contribution in [3.63, 3.8) is 0 Å². The molecule has 0 atom stereocenters. The van der Waals surface area contributed by atoms with Crippen LogP contribution in [0.5, 0.6) is 0 Å². The van der Waals surface area contributed by atoms with Gasteiger partial charge in [0.05, 0.1) is 29.6 Å². The molecule has 0 aliphatic heterocycles. The van der Waals surface area contributed by atoms with E-state index in [1.165, 1.54) is 24.5 Å². The van der Waals surface area contributed by atoms with Gasteiger partial charge in [0.2, 0.25) is 0 Å². The summed E-state index contributed by atoms with van der Waals surface area (Å²) >= 11 is 0. The Labute approximate surface area is 143 Å². The molecule has 0 saturated carbocycles. The number of rotatable bonds is 5. The predicted molar refractivity (Wildman–Crippen MR) is 90.7 cm³/mol. The Hall–Kier alpha value is -3.41. The lowest BCUT2D eigenvalue weighted by atomic mass is 10.1. The first-order valence-electron chi connectivity index (χ1n) is 7.60. The van der Waals surface area contributed by atoms with Crippen molar-refractivity contribution in [2.24, 2.45) is 0 Å². The van der Waals surface area contributed by atoms with E-state index in [4.69, 9.17) is 4.42 Å². The number of furan rings is 1. The van der Waals surface area contributed by atoms with E-state index < -0.39 is 11.7 Å². The molecule has 0 aliphatic carbocycles. The van der Waals surface area contributed by atoms with Crippen molar-refractivity contribution < 1.29 is 18.4 Å². The number of hydrogen-bond donors (Lipinski definition) is 2. The number of nitrogens with one attached hydrogen (secondary N) is 2. The summed E-state index contributed by atoms with van der Waals surface area (Å²) in [5.74, 6) is -1.01. The molecule has 2 aromatic carbocycles. The van der Waals surface area contributed by atoms with Gasteiger partial charge in [0, 0.05) is 0 Å². The molecule has 2 N–H and O–H groups in total. The zero-order valence-electron chi connectivity index (χ0n) is 13.2. The lowest BCUT2D eigenvalue weighted by Crippen LogP contribution is -2.24. The van der Waals surface area contributed by atoms with Gasteiger partial charge in [-0.15, -0.1) is 0 Å². The number of halogens is 1. The van der Waals surface area contributed by atoms with Gasteiger partial charge < -0.3 is 15.1 Å². The third-order valence-electron chi connectivity index (χ3n) is 3.54. The second kappa shape index (κ2) is 7.44. The minimum Gasteiger partial charge on any atom is -0.467 e. The smallest absolute Gasteiger partial charge is 0.258 e. The van der Waals surface area contributed by atoms with E-state index in [1.807, 2.05) is 0 Å². The third kappa shape index (κ3) is 3.92. The van der Waals surface area contributed by atoms with Gasteiger partial charge in [0.1, 0.15) is 11.6 Å². The van der Waals surface area contributed by atoms with Gasteiger partial charge in [0.25, 0.3) is 11.8 Å². The molecule has 1 aromatic heterocycles. The summed E-state index contributed by atoms with van der Waals surface area (Å²) in [7, 11) is 0. The summed E-state index contributed by atoms with van der Waals surface area (Å²) in [5, 5.41) is 5.29. The topological polar surface area (TPSA) is 71.3 Å². The van der Waals surface area contributed by atoms with Crippen molar-refractivity contribution in [2.75, 3.05) is 5.32 Å². The number of benzene rings is 2. The van der Waals surface area contributed by atoms with Gasteiger partial charge in [-0.2, -0.15) is 0 Å². The molecule has 0 spiro atoms. The summed E-state index contributed by atoms with van der Waals surface area (Å²) in [6.45, 7) is 0.224. The molecule has 0 bridgehead atoms. The number of carbonyl (C=O) groups is 2. The molecule has 3 rings (SSSR count). The zero-order chi connectivity index (χ0) is 17.6. The number of para-hydroxylation sites is 1. The maximum absolute atomic E-state index is 13.7. The van der Waals surface area contributed by atoms with Crippen LogP contribution in [0.4, 0.5) is 10.1 Å². The van der Waals surface area contributed by atoms with Gasteiger partial charge in [-0.3, -0.25) is 9.59 Å². The van der Waals surface area contributed by atoms with Crippen LogP contribution in [0.25, 0.3) is 0 Å². The molecule has 0 fully saturated rings. The lowest BCUT2D eigenvalue weighted by Gasteiger charge is -2.11. The van der Waals surface area contributed by atoms with E-state index in [9.17, 15) is 14.0 Å². The van der Waals surface area contributed by atoms with Crippen LogP contribution >= 0.6 is 0 Å². The van der Waals surface area contributed by atoms with Gasteiger partial charge >= 0.3 is 0 Å². The third-order valence-corrected chi connectivity index (χ3v) is 3.54. The standard InChI is InChI=1S/C19H15FN2O3/c20-16-9-3-1-7-14(16)19(24)22-17-10-4-2-8-15(17)18(23)21-12-13-6-5-11-25-13/h1-11H,12H2,(H,21,23)(H,22,24). The van der Waals surface area contributed by atoms with Crippen molar-refractivity contribution in [3.05, 3.63) is 89.6 Å². The number of carbonyl (C=O) groups excluding carboxylic acids is 2. The van der Waals surface area contributed by atoms with Gasteiger partial charge in [0.15, 0.2) is 0 Å². The molecule has 126 valence electrons. The van der Waals surface area contributed by atoms with Crippen molar-refractivity contribution >= 4 is 17.5 Å². The van der Waals surface area contributed by atoms with Crippen LogP contribution in [0.1, 0.15) is 26.5 Å². The molecule has 0 saturated heterocycles. The average molecular weight is 338 g/mol. The average Bonchev–Trinajstić information content (AvgIpc) is 3.14. The molecule has 3 aromatic rings. The molecule has 0 unspecified atom stereocenters. The lowest BCUT2D eigenvalue weighted by molar-refractivity contribution is 0.0949. The zero-order valence-corrected chi connectivity index (χ0v) is 13.2. The van der Waals surface area contributed by atoms with E-state index in [0.717, 1.165) is 0 Å². The first kappa shape index (κ1) is 16.4. The first-order chi connectivity index (χ1) is 12.1. The van der Waals surface area contributed by atoms with Crippen molar-refractivity contribution in [3.8, 4) is 0 Å². The van der Waals surface area contributed by atoms with Crippen molar-refractivity contribution in [2.45, 2.75) is 6.54 Å². The van der Waals surface area contributed by atoms with Crippen LogP contribution in [0, 0.1) is 5.82 Å². The Kier molecular flexibility index (Phi) is 4.89. The van der Waals surface area contributed by atoms with Crippen LogP contribution < -0.4 is 10.6 Å². The summed E-state index contributed by atoms with van der Waals surface area (Å²) in [4.78, 5) is 24.6. The van der Waals surface area contributed by atoms with Crippen molar-refractivity contribution in [1.29, 1.82) is 0 Å². The highest BCUT2D eigenvalue weighted by Crippen LogP contribution is 2.17. The van der Waals surface area contributed by atoms with E-state index in [-0.39, 0.29) is 23.6 Å². The Morgan fingerprint density at radius 2 is 1.60 bits per heavy atom. The second-order valence-corrected chi connectivity index (χ2v) is 5.24. The van der Waals surface area contributed by atoms with E-state index in [2.05, 4.69) is 10.6 Å². The molecule has 0 aliphatic rings. The fourth-order valence-corrected chi connectivity index (χ4v) is 2.30. The number of anilines is 1. The molecule has 1 heterocycles. The van der Waals surface area contributed by atoms with E-state index in [1.54, 1.807) is 42.5 Å². The van der Waals surface area contributed by atoms with Crippen LogP contribution in [-0.2, 0) is 6.54 Å². The van der Waals surface area contributed by atoms with Crippen LogP contribution in [-0.4, -0.2) is 11.8 Å². The summed E-state index contributed by atoms with van der Waals surface area (Å²) in [5.41, 5.74) is 0.486. The Bertz CT molecular complexity index is 891.